The van der Waals surface area contributed by atoms with Gasteiger partial charge in [0.1, 0.15) is 0 Å². The van der Waals surface area contributed by atoms with E-state index in [-0.39, 0.29) is 17.5 Å². The fourth-order valence-electron chi connectivity index (χ4n) is 7.96. The summed E-state index contributed by atoms with van der Waals surface area (Å²) in [7, 11) is -3.18. The van der Waals surface area contributed by atoms with E-state index in [4.69, 9.17) is 14.7 Å². The van der Waals surface area contributed by atoms with Gasteiger partial charge in [0.2, 0.25) is 0 Å². The molecule has 0 aliphatic heterocycles. The van der Waals surface area contributed by atoms with Crippen LogP contribution in [0.2, 0.25) is 0 Å². The third-order valence-corrected chi connectivity index (χ3v) is 13.3. The summed E-state index contributed by atoms with van der Waals surface area (Å²) in [5.41, 5.74) is 0.351. The lowest BCUT2D eigenvalue weighted by Crippen LogP contribution is -2.42. The van der Waals surface area contributed by atoms with E-state index < -0.39 is 15.1 Å². The molecule has 3 atom stereocenters. The molecule has 0 saturated heterocycles. The van der Waals surface area contributed by atoms with Gasteiger partial charge < -0.3 is 9.47 Å². The van der Waals surface area contributed by atoms with E-state index in [1.807, 2.05) is 0 Å². The molecule has 4 rings (SSSR count). The van der Waals surface area contributed by atoms with Gasteiger partial charge in [-0.25, -0.2) is 13.7 Å². The maximum absolute atomic E-state index is 12.1. The van der Waals surface area contributed by atoms with Gasteiger partial charge in [-0.3, -0.25) is 0 Å². The first-order chi connectivity index (χ1) is 17.6. The van der Waals surface area contributed by atoms with Gasteiger partial charge in [0.25, 0.3) is 0 Å². The van der Waals surface area contributed by atoms with Crippen molar-refractivity contribution < 1.29 is 27.5 Å². The molecule has 0 aromatic heterocycles. The second kappa shape index (κ2) is 13.2. The molecule has 4 aliphatic rings. The van der Waals surface area contributed by atoms with E-state index in [0.29, 0.717) is 30.5 Å². The Morgan fingerprint density at radius 3 is 1.59 bits per heavy atom. The SMILES string of the molecule is CC1CCC(OC2CCC(C(C)(C)C3CCC(OC4CCC(S(C)(=O)=O)C(SOO)C4)CC3)CC2)CC1. The highest BCUT2D eigenvalue weighted by Gasteiger charge is 2.43. The lowest BCUT2D eigenvalue weighted by Gasteiger charge is -2.47. The molecule has 4 aliphatic carbocycles. The van der Waals surface area contributed by atoms with E-state index in [1.165, 1.54) is 70.5 Å². The molecule has 0 spiro atoms. The number of hydrogen-bond donors (Lipinski definition) is 1. The Hall–Kier alpha value is 0.140. The van der Waals surface area contributed by atoms with Crippen molar-refractivity contribution in [2.24, 2.45) is 23.2 Å². The van der Waals surface area contributed by atoms with Crippen molar-refractivity contribution in [1.82, 2.24) is 0 Å². The predicted molar refractivity (Wildman–Crippen MR) is 150 cm³/mol. The molecule has 37 heavy (non-hydrogen) atoms. The van der Waals surface area contributed by atoms with Gasteiger partial charge in [0.05, 0.1) is 34.9 Å². The summed E-state index contributed by atoms with van der Waals surface area (Å²) in [4.78, 5) is 0. The summed E-state index contributed by atoms with van der Waals surface area (Å²) in [6.07, 6.45) is 19.3. The zero-order chi connectivity index (χ0) is 26.6. The molecule has 0 bridgehead atoms. The average Bonchev–Trinajstić information content (AvgIpc) is 2.86. The molecule has 0 amide bonds. The minimum atomic E-state index is -3.18. The Bertz CT molecular complexity index is 793. The molecule has 0 radical (unpaired) electrons. The predicted octanol–water partition coefficient (Wildman–Crippen LogP) is 7.21. The number of rotatable bonds is 9. The van der Waals surface area contributed by atoms with Crippen LogP contribution in [0.15, 0.2) is 0 Å². The summed E-state index contributed by atoms with van der Waals surface area (Å²) in [5, 5.41) is 8.18. The van der Waals surface area contributed by atoms with Gasteiger partial charge in [-0.1, -0.05) is 20.8 Å². The van der Waals surface area contributed by atoms with Gasteiger partial charge in [0.15, 0.2) is 9.84 Å². The first-order valence-electron chi connectivity index (χ1n) is 15.0. The smallest absolute Gasteiger partial charge is 0.151 e. The second-order valence-corrected chi connectivity index (χ2v) is 16.6. The molecular weight excluding hydrogens is 508 g/mol. The third kappa shape index (κ3) is 8.09. The zero-order valence-corrected chi connectivity index (χ0v) is 25.2. The highest BCUT2D eigenvalue weighted by molar-refractivity contribution is 7.97. The van der Waals surface area contributed by atoms with Crippen molar-refractivity contribution >= 4 is 21.9 Å². The van der Waals surface area contributed by atoms with Crippen LogP contribution in [0.25, 0.3) is 0 Å². The van der Waals surface area contributed by atoms with Crippen LogP contribution < -0.4 is 0 Å². The van der Waals surface area contributed by atoms with Crippen LogP contribution in [0, 0.1) is 23.2 Å². The summed E-state index contributed by atoms with van der Waals surface area (Å²) in [6, 6.07) is 0. The number of sulfone groups is 1. The average molecular weight is 561 g/mol. The second-order valence-electron chi connectivity index (χ2n) is 13.4. The summed E-state index contributed by atoms with van der Waals surface area (Å²) in [5.74, 6) is 2.40. The van der Waals surface area contributed by atoms with Gasteiger partial charge in [-0.15, -0.1) is 0 Å². The van der Waals surface area contributed by atoms with Crippen LogP contribution >= 0.6 is 12.0 Å². The van der Waals surface area contributed by atoms with E-state index in [9.17, 15) is 8.42 Å². The molecule has 6 nitrogen and oxygen atoms in total. The standard InChI is InChI=1S/C29H52O6S2/c1-20-5-11-23(12-6-20)33-24-13-7-21(8-14-24)29(2,3)22-9-15-25(16-10-22)34-26-17-18-28(37(4,31)32)27(19-26)36-35-30/h20-28,30H,5-19H2,1-4H3. The summed E-state index contributed by atoms with van der Waals surface area (Å²) >= 11 is 0.870. The van der Waals surface area contributed by atoms with Crippen molar-refractivity contribution in [3.8, 4) is 0 Å². The molecule has 8 heteroatoms. The summed E-state index contributed by atoms with van der Waals surface area (Å²) in [6.45, 7) is 7.39. The fourth-order valence-corrected chi connectivity index (χ4v) is 10.6. The van der Waals surface area contributed by atoms with Gasteiger partial charge in [-0.05, 0) is 119 Å². The van der Waals surface area contributed by atoms with E-state index in [2.05, 4.69) is 25.1 Å². The molecule has 1 N–H and O–H groups in total. The quantitative estimate of drug-likeness (QED) is 0.181. The van der Waals surface area contributed by atoms with Crippen LogP contribution in [-0.2, 0) is 23.6 Å². The van der Waals surface area contributed by atoms with Crippen LogP contribution in [0.1, 0.15) is 117 Å². The number of ether oxygens (including phenoxy) is 2. The molecule has 4 fully saturated rings. The molecule has 4 saturated carbocycles. The largest absolute Gasteiger partial charge is 0.375 e. The number of hydrogen-bond acceptors (Lipinski definition) is 7. The fraction of sp³-hybridized carbons (Fsp3) is 1.00. The monoisotopic (exact) mass is 560 g/mol. The van der Waals surface area contributed by atoms with E-state index >= 15 is 0 Å². The molecule has 3 unspecified atom stereocenters. The Morgan fingerprint density at radius 1 is 0.703 bits per heavy atom. The molecule has 0 aromatic rings. The van der Waals surface area contributed by atoms with Gasteiger partial charge in [-0.2, -0.15) is 4.33 Å². The van der Waals surface area contributed by atoms with Crippen molar-refractivity contribution in [1.29, 1.82) is 0 Å². The lowest BCUT2D eigenvalue weighted by molar-refractivity contribution is -0.118. The van der Waals surface area contributed by atoms with Crippen LogP contribution in [0.5, 0.6) is 0 Å². The third-order valence-electron chi connectivity index (χ3n) is 10.6. The zero-order valence-electron chi connectivity index (χ0n) is 23.6. The molecule has 0 aromatic carbocycles. The maximum Gasteiger partial charge on any atom is 0.151 e. The first kappa shape index (κ1) is 30.1. The first-order valence-corrected chi connectivity index (χ1v) is 17.8. The van der Waals surface area contributed by atoms with Gasteiger partial charge >= 0.3 is 0 Å². The highest BCUT2D eigenvalue weighted by Crippen LogP contribution is 2.49. The van der Waals surface area contributed by atoms with Crippen molar-refractivity contribution in [3.05, 3.63) is 0 Å². The molecule has 216 valence electrons. The Labute approximate surface area is 230 Å². The molecule has 0 heterocycles. The van der Waals surface area contributed by atoms with Crippen LogP contribution in [0.4, 0.5) is 0 Å². The summed E-state index contributed by atoms with van der Waals surface area (Å²) < 4.78 is 41.6. The van der Waals surface area contributed by atoms with Crippen molar-refractivity contribution in [2.45, 2.75) is 152 Å². The Balaban J connectivity index is 1.19. The van der Waals surface area contributed by atoms with Crippen molar-refractivity contribution in [2.75, 3.05) is 6.26 Å². The van der Waals surface area contributed by atoms with Crippen LogP contribution in [-0.4, -0.2) is 54.8 Å². The highest BCUT2D eigenvalue weighted by atomic mass is 32.2. The molecular formula is C29H52O6S2. The Morgan fingerprint density at radius 2 is 1.14 bits per heavy atom. The minimum Gasteiger partial charge on any atom is -0.375 e. The van der Waals surface area contributed by atoms with Crippen LogP contribution in [0.3, 0.4) is 0 Å². The van der Waals surface area contributed by atoms with E-state index in [0.717, 1.165) is 49.1 Å². The maximum atomic E-state index is 12.1. The Kier molecular flexibility index (Phi) is 10.7. The lowest BCUT2D eigenvalue weighted by atomic mass is 9.60. The minimum absolute atomic E-state index is 0.0443. The topological polar surface area (TPSA) is 82.1 Å². The van der Waals surface area contributed by atoms with Crippen molar-refractivity contribution in [3.63, 3.8) is 0 Å². The normalized spacial score (nSPS) is 40.4. The van der Waals surface area contributed by atoms with Gasteiger partial charge in [0, 0.05) is 18.3 Å². The van der Waals surface area contributed by atoms with E-state index in [1.54, 1.807) is 0 Å².